The first-order valence-corrected chi connectivity index (χ1v) is 12.9. The van der Waals surface area contributed by atoms with Crippen LogP contribution in [-0.2, 0) is 4.79 Å². The van der Waals surface area contributed by atoms with Crippen LogP contribution < -0.4 is 10.6 Å². The second-order valence-electron chi connectivity index (χ2n) is 9.70. The van der Waals surface area contributed by atoms with E-state index in [1.165, 1.54) is 0 Å². The second kappa shape index (κ2) is 11.9. The molecule has 0 unspecified atom stereocenters. The number of nitrogens with zero attached hydrogens (tertiary/aromatic N) is 3. The van der Waals surface area contributed by atoms with Gasteiger partial charge in [-0.2, -0.15) is 10.2 Å². The van der Waals surface area contributed by atoms with Gasteiger partial charge in [-0.3, -0.25) is 14.7 Å². The summed E-state index contributed by atoms with van der Waals surface area (Å²) in [4.78, 5) is 27.0. The van der Waals surface area contributed by atoms with Crippen molar-refractivity contribution < 1.29 is 9.59 Å². The molecule has 2 aromatic heterocycles. The van der Waals surface area contributed by atoms with E-state index in [-0.39, 0.29) is 23.8 Å². The van der Waals surface area contributed by atoms with Crippen molar-refractivity contribution in [3.8, 4) is 11.1 Å². The quantitative estimate of drug-likeness (QED) is 0.266. The van der Waals surface area contributed by atoms with Gasteiger partial charge in [0.05, 0.1) is 11.7 Å². The van der Waals surface area contributed by atoms with Crippen LogP contribution in [0.3, 0.4) is 0 Å². The molecule has 8 heteroatoms. The Balaban J connectivity index is 1.54. The molecule has 0 saturated heterocycles. The third-order valence-electron chi connectivity index (χ3n) is 7.18. The zero-order chi connectivity index (χ0) is 26.4. The standard InChI is InChI=1S/C29H36N6O2/c1-5-24(6-2)35-25(17-18-30-35)28(36)32-27(22-11-9-7-8-10-12-22)29(37)31-23-15-13-21(14-16-23)26-19(3)33-34-20(26)4/h5-6,13-18,22,24,27H,1-2,7-12H2,3-4H3,(H,31,37)(H,32,36)(H,33,34)/t27-/m0/s1. The van der Waals surface area contributed by atoms with Gasteiger partial charge < -0.3 is 10.6 Å². The van der Waals surface area contributed by atoms with Crippen molar-refractivity contribution in [2.75, 3.05) is 5.32 Å². The Hall–Kier alpha value is -3.94. The maximum absolute atomic E-state index is 13.6. The van der Waals surface area contributed by atoms with E-state index in [1.807, 2.05) is 38.1 Å². The monoisotopic (exact) mass is 500 g/mol. The number of aryl methyl sites for hydroxylation is 2. The van der Waals surface area contributed by atoms with Crippen LogP contribution in [0, 0.1) is 19.8 Å². The highest BCUT2D eigenvalue weighted by molar-refractivity contribution is 6.00. The number of anilines is 1. The summed E-state index contributed by atoms with van der Waals surface area (Å²) < 4.78 is 1.57. The number of amides is 2. The highest BCUT2D eigenvalue weighted by Gasteiger charge is 2.32. The Labute approximate surface area is 218 Å². The molecular weight excluding hydrogens is 464 g/mol. The summed E-state index contributed by atoms with van der Waals surface area (Å²) >= 11 is 0. The number of aromatic amines is 1. The average molecular weight is 501 g/mol. The fourth-order valence-electron chi connectivity index (χ4n) is 5.20. The molecule has 194 valence electrons. The second-order valence-corrected chi connectivity index (χ2v) is 9.70. The van der Waals surface area contributed by atoms with Gasteiger partial charge in [-0.25, -0.2) is 4.68 Å². The van der Waals surface area contributed by atoms with Gasteiger partial charge in [0.2, 0.25) is 5.91 Å². The molecule has 4 rings (SSSR count). The molecule has 1 aromatic carbocycles. The van der Waals surface area contributed by atoms with Gasteiger partial charge in [0, 0.05) is 23.1 Å². The highest BCUT2D eigenvalue weighted by Crippen LogP contribution is 2.29. The molecule has 0 bridgehead atoms. The number of rotatable bonds is 9. The number of hydrogen-bond acceptors (Lipinski definition) is 4. The Kier molecular flexibility index (Phi) is 8.38. The lowest BCUT2D eigenvalue weighted by atomic mass is 9.91. The third-order valence-corrected chi connectivity index (χ3v) is 7.18. The highest BCUT2D eigenvalue weighted by atomic mass is 16.2. The molecule has 3 aromatic rings. The van der Waals surface area contributed by atoms with Crippen molar-refractivity contribution in [2.24, 2.45) is 5.92 Å². The maximum atomic E-state index is 13.6. The first kappa shape index (κ1) is 26.1. The SMILES string of the molecule is C=CC(C=C)n1nccc1C(=O)N[C@H](C(=O)Nc1ccc(-c2c(C)n[nH]c2C)cc1)C1CCCCCC1. The van der Waals surface area contributed by atoms with Crippen molar-refractivity contribution in [1.29, 1.82) is 0 Å². The van der Waals surface area contributed by atoms with Gasteiger partial charge in [-0.15, -0.1) is 13.2 Å². The van der Waals surface area contributed by atoms with Crippen LogP contribution in [0.2, 0.25) is 0 Å². The van der Waals surface area contributed by atoms with Crippen molar-refractivity contribution >= 4 is 17.5 Å². The van der Waals surface area contributed by atoms with Gasteiger partial charge in [0.1, 0.15) is 11.7 Å². The average Bonchev–Trinajstić information content (AvgIpc) is 3.40. The number of hydrogen-bond donors (Lipinski definition) is 3. The van der Waals surface area contributed by atoms with Crippen LogP contribution in [0.5, 0.6) is 0 Å². The van der Waals surface area contributed by atoms with Crippen molar-refractivity contribution in [3.05, 3.63) is 78.9 Å². The van der Waals surface area contributed by atoms with Crippen LogP contribution in [0.15, 0.2) is 61.8 Å². The van der Waals surface area contributed by atoms with E-state index in [4.69, 9.17) is 0 Å². The van der Waals surface area contributed by atoms with Gasteiger partial charge >= 0.3 is 0 Å². The number of nitrogens with one attached hydrogen (secondary N) is 3. The molecule has 1 aliphatic carbocycles. The Bertz CT molecular complexity index is 1220. The minimum absolute atomic E-state index is 0.0629. The summed E-state index contributed by atoms with van der Waals surface area (Å²) in [6.45, 7) is 11.6. The van der Waals surface area contributed by atoms with Crippen LogP contribution >= 0.6 is 0 Å². The molecule has 0 spiro atoms. The van der Waals surface area contributed by atoms with E-state index in [9.17, 15) is 9.59 Å². The number of benzene rings is 1. The first-order chi connectivity index (χ1) is 17.9. The molecule has 0 radical (unpaired) electrons. The van der Waals surface area contributed by atoms with Crippen molar-refractivity contribution in [2.45, 2.75) is 64.5 Å². The van der Waals surface area contributed by atoms with Crippen LogP contribution in [0.1, 0.15) is 66.4 Å². The zero-order valence-corrected chi connectivity index (χ0v) is 21.7. The lowest BCUT2D eigenvalue weighted by molar-refractivity contribution is -0.119. The molecular formula is C29H36N6O2. The number of carbonyl (C=O) groups excluding carboxylic acids is 2. The smallest absolute Gasteiger partial charge is 0.270 e. The summed E-state index contributed by atoms with van der Waals surface area (Å²) in [5.74, 6) is -0.483. The van der Waals surface area contributed by atoms with Gasteiger partial charge in [0.25, 0.3) is 5.91 Å². The summed E-state index contributed by atoms with van der Waals surface area (Å²) in [6.07, 6.45) is 11.1. The molecule has 37 heavy (non-hydrogen) atoms. The van der Waals surface area contributed by atoms with Crippen LogP contribution in [-0.4, -0.2) is 37.8 Å². The van der Waals surface area contributed by atoms with Gasteiger partial charge in [0.15, 0.2) is 0 Å². The Morgan fingerprint density at radius 1 is 1.05 bits per heavy atom. The molecule has 1 fully saturated rings. The molecule has 3 N–H and O–H groups in total. The Morgan fingerprint density at radius 3 is 2.32 bits per heavy atom. The summed E-state index contributed by atoms with van der Waals surface area (Å²) in [6, 6.07) is 8.40. The van der Waals surface area contributed by atoms with Crippen molar-refractivity contribution in [3.63, 3.8) is 0 Å². The maximum Gasteiger partial charge on any atom is 0.270 e. The zero-order valence-electron chi connectivity index (χ0n) is 21.7. The molecule has 2 amide bonds. The lowest BCUT2D eigenvalue weighted by Crippen LogP contribution is -2.49. The summed E-state index contributed by atoms with van der Waals surface area (Å²) in [5, 5.41) is 17.6. The van der Waals surface area contributed by atoms with E-state index in [0.717, 1.165) is 61.0 Å². The normalized spacial score (nSPS) is 15.1. The van der Waals surface area contributed by atoms with Crippen molar-refractivity contribution in [1.82, 2.24) is 25.3 Å². The Morgan fingerprint density at radius 2 is 1.73 bits per heavy atom. The minimum atomic E-state index is -0.655. The molecule has 1 saturated carbocycles. The summed E-state index contributed by atoms with van der Waals surface area (Å²) in [5.41, 5.74) is 5.08. The van der Waals surface area contributed by atoms with E-state index in [0.29, 0.717) is 11.4 Å². The predicted molar refractivity (Wildman–Crippen MR) is 146 cm³/mol. The van der Waals surface area contributed by atoms with Crippen LogP contribution in [0.4, 0.5) is 5.69 Å². The fourth-order valence-corrected chi connectivity index (χ4v) is 5.20. The minimum Gasteiger partial charge on any atom is -0.339 e. The molecule has 0 aliphatic heterocycles. The topological polar surface area (TPSA) is 105 Å². The molecule has 2 heterocycles. The molecule has 1 aliphatic rings. The number of H-pyrrole nitrogens is 1. The van der Waals surface area contributed by atoms with Gasteiger partial charge in [-0.05, 0) is 56.4 Å². The van der Waals surface area contributed by atoms with Crippen LogP contribution in [0.25, 0.3) is 11.1 Å². The molecule has 1 atom stereocenters. The van der Waals surface area contributed by atoms with E-state index in [1.54, 1.807) is 29.1 Å². The third kappa shape index (κ3) is 5.90. The fraction of sp³-hybridized carbons (Fsp3) is 0.379. The number of aromatic nitrogens is 4. The van der Waals surface area contributed by atoms with E-state index >= 15 is 0 Å². The lowest BCUT2D eigenvalue weighted by Gasteiger charge is -2.27. The van der Waals surface area contributed by atoms with E-state index < -0.39 is 6.04 Å². The summed E-state index contributed by atoms with van der Waals surface area (Å²) in [7, 11) is 0. The molecule has 8 nitrogen and oxygen atoms in total. The predicted octanol–water partition coefficient (Wildman–Crippen LogP) is 5.51. The van der Waals surface area contributed by atoms with Gasteiger partial charge in [-0.1, -0.05) is 50.0 Å². The number of carbonyl (C=O) groups is 2. The largest absolute Gasteiger partial charge is 0.339 e. The first-order valence-electron chi connectivity index (χ1n) is 12.9. The van der Waals surface area contributed by atoms with E-state index in [2.05, 4.69) is 39.1 Å². The number of allylic oxidation sites excluding steroid dienone is 2.